The van der Waals surface area contributed by atoms with E-state index in [-0.39, 0.29) is 49.9 Å². The SMILES string of the molecule is CC[C@H](C)[C@H](N)C(=O)Nc1ccccc1[Se][Se]c1ccccc1NC(=O)[C@@H](N)[C@@H](C)CC. The Kier molecular flexibility index (Phi) is 10.9. The van der Waals surface area contributed by atoms with Crippen LogP contribution in [0.25, 0.3) is 0 Å². The summed E-state index contributed by atoms with van der Waals surface area (Å²) in [6.07, 6.45) is 1.71. The van der Waals surface area contributed by atoms with Crippen LogP contribution in [0.4, 0.5) is 11.4 Å². The molecule has 0 fully saturated rings. The summed E-state index contributed by atoms with van der Waals surface area (Å²) in [6, 6.07) is 14.7. The topological polar surface area (TPSA) is 110 Å². The summed E-state index contributed by atoms with van der Waals surface area (Å²) in [6.45, 7) is 8.04. The van der Waals surface area contributed by atoms with E-state index in [9.17, 15) is 9.59 Å². The molecule has 0 spiro atoms. The van der Waals surface area contributed by atoms with Crippen LogP contribution in [0.3, 0.4) is 0 Å². The van der Waals surface area contributed by atoms with Gasteiger partial charge in [0.1, 0.15) is 0 Å². The molecular weight excluding hydrogens is 534 g/mol. The minimum atomic E-state index is -0.531. The molecule has 0 unspecified atom stereocenters. The average Bonchev–Trinajstić information content (AvgIpc) is 2.82. The van der Waals surface area contributed by atoms with Crippen LogP contribution in [0.1, 0.15) is 40.5 Å². The van der Waals surface area contributed by atoms with Crippen molar-refractivity contribution in [3.8, 4) is 0 Å². The number of para-hydroxylation sites is 2. The van der Waals surface area contributed by atoms with E-state index in [0.29, 0.717) is 0 Å². The first-order valence-electron chi connectivity index (χ1n) is 10.9. The molecule has 0 radical (unpaired) electrons. The Morgan fingerprint density at radius 3 is 1.44 bits per heavy atom. The number of nitrogens with two attached hydrogens (primary N) is 2. The molecule has 2 aromatic carbocycles. The number of rotatable bonds is 11. The van der Waals surface area contributed by atoms with Gasteiger partial charge >= 0.3 is 203 Å². The normalized spacial score (nSPS) is 14.8. The molecule has 2 aromatic rings. The van der Waals surface area contributed by atoms with Crippen molar-refractivity contribution in [3.63, 3.8) is 0 Å². The number of hydrogen-bond acceptors (Lipinski definition) is 4. The van der Waals surface area contributed by atoms with Gasteiger partial charge in [-0.3, -0.25) is 0 Å². The van der Waals surface area contributed by atoms with E-state index >= 15 is 0 Å². The van der Waals surface area contributed by atoms with Crippen molar-refractivity contribution in [1.29, 1.82) is 0 Å². The summed E-state index contributed by atoms with van der Waals surface area (Å²) in [7, 11) is 0. The van der Waals surface area contributed by atoms with Gasteiger partial charge in [0.05, 0.1) is 0 Å². The van der Waals surface area contributed by atoms with Crippen LogP contribution in [0.2, 0.25) is 0 Å². The van der Waals surface area contributed by atoms with Crippen LogP contribution < -0.4 is 31.0 Å². The summed E-state index contributed by atoms with van der Waals surface area (Å²) in [5.41, 5.74) is 13.8. The Morgan fingerprint density at radius 1 is 0.750 bits per heavy atom. The first kappa shape index (κ1) is 26.6. The molecule has 2 amide bonds. The quantitative estimate of drug-likeness (QED) is 0.309. The summed E-state index contributed by atoms with van der Waals surface area (Å²) >= 11 is 0.216. The van der Waals surface area contributed by atoms with Gasteiger partial charge in [0.15, 0.2) is 0 Å². The molecule has 0 bridgehead atoms. The summed E-state index contributed by atoms with van der Waals surface area (Å²) in [5, 5.41) is 6.04. The van der Waals surface area contributed by atoms with Crippen molar-refractivity contribution in [2.24, 2.45) is 23.3 Å². The fourth-order valence-electron chi connectivity index (χ4n) is 2.83. The maximum atomic E-state index is 12.6. The Balaban J connectivity index is 2.11. The predicted molar refractivity (Wildman–Crippen MR) is 136 cm³/mol. The van der Waals surface area contributed by atoms with Gasteiger partial charge in [0.25, 0.3) is 0 Å². The zero-order chi connectivity index (χ0) is 23.7. The molecule has 0 saturated carbocycles. The maximum absolute atomic E-state index is 12.6. The van der Waals surface area contributed by atoms with E-state index in [2.05, 4.69) is 10.6 Å². The molecule has 0 saturated heterocycles. The molecular formula is C24H34N4O2Se2. The summed E-state index contributed by atoms with van der Waals surface area (Å²) in [4.78, 5) is 25.1. The van der Waals surface area contributed by atoms with Crippen LogP contribution in [0.15, 0.2) is 48.5 Å². The van der Waals surface area contributed by atoms with Crippen molar-refractivity contribution >= 4 is 58.4 Å². The molecule has 0 aliphatic heterocycles. The molecule has 8 heteroatoms. The standard InChI is InChI=1S/C24H34N4O2Se2/c1-5-15(3)21(25)23(29)27-17-11-7-9-13-19(17)31-32-20-14-10-8-12-18(20)28-24(30)22(26)16(4)6-2/h7-16,21-22H,5-6,25-26H2,1-4H3,(H,27,29)(H,28,30)/t15-,16-,21-,22-/m0/s1. The third-order valence-electron chi connectivity index (χ3n) is 5.63. The van der Waals surface area contributed by atoms with Crippen molar-refractivity contribution < 1.29 is 9.59 Å². The molecule has 2 rings (SSSR count). The Morgan fingerprint density at radius 2 is 1.09 bits per heavy atom. The van der Waals surface area contributed by atoms with Gasteiger partial charge in [0.2, 0.25) is 0 Å². The molecule has 0 aromatic heterocycles. The minimum absolute atomic E-state index is 0.108. The number of carbonyl (C=O) groups is 2. The monoisotopic (exact) mass is 570 g/mol. The average molecular weight is 568 g/mol. The van der Waals surface area contributed by atoms with Gasteiger partial charge < -0.3 is 0 Å². The van der Waals surface area contributed by atoms with E-state index in [0.717, 1.165) is 33.1 Å². The fraction of sp³-hybridized carbons (Fsp3) is 0.417. The summed E-state index contributed by atoms with van der Waals surface area (Å²) in [5.74, 6) is -0.0630. The van der Waals surface area contributed by atoms with Gasteiger partial charge in [-0.05, 0) is 0 Å². The number of carbonyl (C=O) groups excluding carboxylic acids is 2. The van der Waals surface area contributed by atoms with Crippen LogP contribution in [0, 0.1) is 11.8 Å². The molecule has 0 aliphatic rings. The van der Waals surface area contributed by atoms with E-state index in [1.54, 1.807) is 0 Å². The zero-order valence-corrected chi connectivity index (χ0v) is 22.6. The van der Waals surface area contributed by atoms with Crippen LogP contribution in [-0.2, 0) is 9.59 Å². The van der Waals surface area contributed by atoms with Gasteiger partial charge in [-0.1, -0.05) is 0 Å². The van der Waals surface area contributed by atoms with Crippen molar-refractivity contribution in [2.45, 2.75) is 52.6 Å². The Labute approximate surface area is 202 Å². The van der Waals surface area contributed by atoms with Gasteiger partial charge in [-0.15, -0.1) is 0 Å². The molecule has 32 heavy (non-hydrogen) atoms. The van der Waals surface area contributed by atoms with Crippen molar-refractivity contribution in [2.75, 3.05) is 10.6 Å². The number of anilines is 2. The molecule has 0 heterocycles. The van der Waals surface area contributed by atoms with Crippen molar-refractivity contribution in [3.05, 3.63) is 48.5 Å². The summed E-state index contributed by atoms with van der Waals surface area (Å²) < 4.78 is 2.23. The molecule has 0 aliphatic carbocycles. The van der Waals surface area contributed by atoms with E-state index in [4.69, 9.17) is 11.5 Å². The van der Waals surface area contributed by atoms with E-state index in [1.807, 2.05) is 76.2 Å². The second-order valence-corrected chi connectivity index (χ2v) is 14.1. The number of hydrogen-bond donors (Lipinski definition) is 4. The fourth-order valence-corrected chi connectivity index (χ4v) is 9.77. The number of amides is 2. The Bertz CT molecular complexity index is 836. The van der Waals surface area contributed by atoms with E-state index < -0.39 is 12.1 Å². The first-order valence-corrected chi connectivity index (χ1v) is 17.0. The first-order chi connectivity index (χ1) is 15.3. The predicted octanol–water partition coefficient (Wildman–Crippen LogP) is 1.58. The van der Waals surface area contributed by atoms with Crippen LogP contribution >= 0.6 is 0 Å². The third-order valence-corrected chi connectivity index (χ3v) is 12.9. The van der Waals surface area contributed by atoms with Crippen LogP contribution in [-0.4, -0.2) is 50.2 Å². The molecule has 174 valence electrons. The zero-order valence-electron chi connectivity index (χ0n) is 19.1. The van der Waals surface area contributed by atoms with Crippen molar-refractivity contribution in [1.82, 2.24) is 0 Å². The van der Waals surface area contributed by atoms with Gasteiger partial charge in [0, 0.05) is 0 Å². The number of benzene rings is 2. The van der Waals surface area contributed by atoms with Gasteiger partial charge in [-0.25, -0.2) is 0 Å². The molecule has 4 atom stereocenters. The third kappa shape index (κ3) is 7.44. The number of nitrogens with one attached hydrogen (secondary N) is 2. The van der Waals surface area contributed by atoms with Gasteiger partial charge in [-0.2, -0.15) is 0 Å². The second kappa shape index (κ2) is 13.1. The van der Waals surface area contributed by atoms with E-state index in [1.165, 1.54) is 0 Å². The van der Waals surface area contributed by atoms with Crippen LogP contribution in [0.5, 0.6) is 0 Å². The molecule has 6 N–H and O–H groups in total. The second-order valence-electron chi connectivity index (χ2n) is 7.96. The Hall–Kier alpha value is -1.66. The molecule has 6 nitrogen and oxygen atoms in total.